The second kappa shape index (κ2) is 4.27. The van der Waals surface area contributed by atoms with E-state index in [1.165, 1.54) is 20.3 Å². The minimum Gasteiger partial charge on any atom is -0.506 e. The molecule has 1 aromatic carbocycles. The van der Waals surface area contributed by atoms with Crippen LogP contribution in [-0.4, -0.2) is 30.4 Å². The van der Waals surface area contributed by atoms with E-state index in [0.717, 1.165) is 0 Å². The van der Waals surface area contributed by atoms with Crippen LogP contribution in [0.4, 0.5) is 0 Å². The highest BCUT2D eigenvalue weighted by atomic mass is 35.5. The standard InChI is InChI=1S/C9H9ClO5/c1-14-5-3-4(11)7(10)6(9(12)13)8(5)15-2/h3,11H,1-2H3,(H,12,13). The molecule has 0 fully saturated rings. The van der Waals surface area contributed by atoms with Gasteiger partial charge >= 0.3 is 5.97 Å². The highest BCUT2D eigenvalue weighted by Gasteiger charge is 2.23. The van der Waals surface area contributed by atoms with Crippen molar-refractivity contribution in [1.82, 2.24) is 0 Å². The molecule has 0 unspecified atom stereocenters. The van der Waals surface area contributed by atoms with Crippen LogP contribution in [-0.2, 0) is 0 Å². The van der Waals surface area contributed by atoms with Gasteiger partial charge in [0, 0.05) is 6.07 Å². The topological polar surface area (TPSA) is 76.0 Å². The summed E-state index contributed by atoms with van der Waals surface area (Å²) in [6, 6.07) is 1.19. The number of benzene rings is 1. The Bertz CT molecular complexity index is 402. The highest BCUT2D eigenvalue weighted by molar-refractivity contribution is 6.35. The zero-order valence-electron chi connectivity index (χ0n) is 8.07. The number of aromatic hydroxyl groups is 1. The summed E-state index contributed by atoms with van der Waals surface area (Å²) in [5.41, 5.74) is -0.323. The molecule has 0 aromatic heterocycles. The first-order valence-electron chi connectivity index (χ1n) is 3.89. The third kappa shape index (κ3) is 1.92. The number of hydrogen-bond donors (Lipinski definition) is 2. The lowest BCUT2D eigenvalue weighted by atomic mass is 10.1. The van der Waals surface area contributed by atoms with Crippen LogP contribution in [0.3, 0.4) is 0 Å². The summed E-state index contributed by atoms with van der Waals surface area (Å²) >= 11 is 5.63. The number of phenolic OH excluding ortho intramolecular Hbond substituents is 1. The molecule has 5 nitrogen and oxygen atoms in total. The molecular formula is C9H9ClO5. The smallest absolute Gasteiger partial charge is 0.341 e. The molecule has 0 aliphatic rings. The zero-order chi connectivity index (χ0) is 11.6. The van der Waals surface area contributed by atoms with Crippen molar-refractivity contribution in [3.63, 3.8) is 0 Å². The first kappa shape index (κ1) is 11.5. The van der Waals surface area contributed by atoms with Crippen molar-refractivity contribution >= 4 is 17.6 Å². The Morgan fingerprint density at radius 1 is 1.40 bits per heavy atom. The lowest BCUT2D eigenvalue weighted by Crippen LogP contribution is -2.03. The maximum atomic E-state index is 10.9. The summed E-state index contributed by atoms with van der Waals surface area (Å²) < 4.78 is 9.72. The van der Waals surface area contributed by atoms with Crippen molar-refractivity contribution < 1.29 is 24.5 Å². The van der Waals surface area contributed by atoms with Crippen LogP contribution in [0.15, 0.2) is 6.07 Å². The molecule has 0 aliphatic carbocycles. The lowest BCUT2D eigenvalue weighted by molar-refractivity contribution is 0.0692. The molecule has 0 radical (unpaired) electrons. The summed E-state index contributed by atoms with van der Waals surface area (Å²) in [5.74, 6) is -1.58. The third-order valence-electron chi connectivity index (χ3n) is 1.80. The van der Waals surface area contributed by atoms with Gasteiger partial charge in [0.25, 0.3) is 0 Å². The van der Waals surface area contributed by atoms with E-state index in [1.54, 1.807) is 0 Å². The van der Waals surface area contributed by atoms with Crippen molar-refractivity contribution in [2.24, 2.45) is 0 Å². The Labute approximate surface area is 90.8 Å². The first-order chi connectivity index (χ1) is 7.02. The van der Waals surface area contributed by atoms with Crippen LogP contribution in [0, 0.1) is 0 Å². The van der Waals surface area contributed by atoms with Crippen molar-refractivity contribution in [2.75, 3.05) is 14.2 Å². The minimum absolute atomic E-state index is 0.0206. The quantitative estimate of drug-likeness (QED) is 0.831. The Morgan fingerprint density at radius 2 is 2.00 bits per heavy atom. The van der Waals surface area contributed by atoms with Gasteiger partial charge in [-0.1, -0.05) is 11.6 Å². The monoisotopic (exact) mass is 232 g/mol. The zero-order valence-corrected chi connectivity index (χ0v) is 8.83. The van der Waals surface area contributed by atoms with Gasteiger partial charge in [-0.3, -0.25) is 0 Å². The van der Waals surface area contributed by atoms with E-state index in [2.05, 4.69) is 0 Å². The number of hydrogen-bond acceptors (Lipinski definition) is 4. The molecule has 15 heavy (non-hydrogen) atoms. The number of carboxylic acid groups (broad SMARTS) is 1. The van der Waals surface area contributed by atoms with Gasteiger partial charge in [0.1, 0.15) is 16.3 Å². The fourth-order valence-corrected chi connectivity index (χ4v) is 1.37. The van der Waals surface area contributed by atoms with Crippen molar-refractivity contribution in [2.45, 2.75) is 0 Å². The van der Waals surface area contributed by atoms with Crippen molar-refractivity contribution in [3.05, 3.63) is 16.7 Å². The fourth-order valence-electron chi connectivity index (χ4n) is 1.15. The Kier molecular flexibility index (Phi) is 3.26. The molecule has 0 saturated heterocycles. The van der Waals surface area contributed by atoms with Gasteiger partial charge < -0.3 is 19.7 Å². The average Bonchev–Trinajstić information content (AvgIpc) is 2.20. The molecule has 2 N–H and O–H groups in total. The van der Waals surface area contributed by atoms with Crippen LogP contribution < -0.4 is 9.47 Å². The van der Waals surface area contributed by atoms with Crippen LogP contribution >= 0.6 is 11.6 Å². The molecule has 1 aromatic rings. The minimum atomic E-state index is -1.30. The van der Waals surface area contributed by atoms with Gasteiger partial charge in [-0.15, -0.1) is 0 Å². The first-order valence-corrected chi connectivity index (χ1v) is 4.27. The van der Waals surface area contributed by atoms with E-state index in [-0.39, 0.29) is 27.8 Å². The molecule has 0 saturated carbocycles. The number of aromatic carboxylic acids is 1. The number of phenols is 1. The number of carbonyl (C=O) groups is 1. The maximum absolute atomic E-state index is 10.9. The maximum Gasteiger partial charge on any atom is 0.341 e. The SMILES string of the molecule is COc1cc(O)c(Cl)c(C(=O)O)c1OC. The summed E-state index contributed by atoms with van der Waals surface area (Å²) in [7, 11) is 2.62. The molecule has 0 aliphatic heterocycles. The number of methoxy groups -OCH3 is 2. The van der Waals surface area contributed by atoms with Gasteiger partial charge in [-0.25, -0.2) is 4.79 Å². The van der Waals surface area contributed by atoms with Crippen molar-refractivity contribution in [3.8, 4) is 17.2 Å². The normalized spacial score (nSPS) is 9.80. The predicted octanol–water partition coefficient (Wildman–Crippen LogP) is 1.76. The van der Waals surface area contributed by atoms with E-state index >= 15 is 0 Å². The molecule has 82 valence electrons. The molecular weight excluding hydrogens is 224 g/mol. The molecule has 0 spiro atoms. The molecule has 0 atom stereocenters. The summed E-state index contributed by atoms with van der Waals surface area (Å²) in [6.07, 6.45) is 0. The molecule has 0 heterocycles. The van der Waals surface area contributed by atoms with Gasteiger partial charge in [-0.05, 0) is 0 Å². The van der Waals surface area contributed by atoms with E-state index < -0.39 is 5.97 Å². The van der Waals surface area contributed by atoms with Crippen LogP contribution in [0.5, 0.6) is 17.2 Å². The van der Waals surface area contributed by atoms with E-state index in [0.29, 0.717) is 0 Å². The third-order valence-corrected chi connectivity index (χ3v) is 2.18. The summed E-state index contributed by atoms with van der Waals surface area (Å²) in [5, 5.41) is 18.0. The number of ether oxygens (including phenoxy) is 2. The Hall–Kier alpha value is -1.62. The summed E-state index contributed by atoms with van der Waals surface area (Å²) in [4.78, 5) is 10.9. The van der Waals surface area contributed by atoms with Gasteiger partial charge in [0.2, 0.25) is 0 Å². The van der Waals surface area contributed by atoms with Gasteiger partial charge in [0.05, 0.1) is 14.2 Å². The Balaban J connectivity index is 3.56. The molecule has 6 heteroatoms. The summed E-state index contributed by atoms with van der Waals surface area (Å²) in [6.45, 7) is 0. The van der Waals surface area contributed by atoms with Gasteiger partial charge in [-0.2, -0.15) is 0 Å². The van der Waals surface area contributed by atoms with E-state index in [1.807, 2.05) is 0 Å². The Morgan fingerprint density at radius 3 is 2.40 bits per heavy atom. The van der Waals surface area contributed by atoms with Crippen LogP contribution in [0.2, 0.25) is 5.02 Å². The number of carboxylic acids is 1. The predicted molar refractivity (Wildman–Crippen MR) is 53.2 cm³/mol. The van der Waals surface area contributed by atoms with E-state index in [4.69, 9.17) is 26.2 Å². The van der Waals surface area contributed by atoms with Crippen LogP contribution in [0.25, 0.3) is 0 Å². The van der Waals surface area contributed by atoms with Crippen molar-refractivity contribution in [1.29, 1.82) is 0 Å². The highest BCUT2D eigenvalue weighted by Crippen LogP contribution is 2.41. The average molecular weight is 233 g/mol. The van der Waals surface area contributed by atoms with Gasteiger partial charge in [0.15, 0.2) is 11.5 Å². The molecule has 0 amide bonds. The second-order valence-electron chi connectivity index (χ2n) is 2.63. The number of halogens is 1. The molecule has 0 bridgehead atoms. The number of rotatable bonds is 3. The van der Waals surface area contributed by atoms with Crippen LogP contribution in [0.1, 0.15) is 10.4 Å². The lowest BCUT2D eigenvalue weighted by Gasteiger charge is -2.12. The second-order valence-corrected chi connectivity index (χ2v) is 3.00. The fraction of sp³-hybridized carbons (Fsp3) is 0.222. The largest absolute Gasteiger partial charge is 0.506 e. The van der Waals surface area contributed by atoms with E-state index in [9.17, 15) is 9.90 Å². The molecule has 1 rings (SSSR count).